The van der Waals surface area contributed by atoms with E-state index in [1.807, 2.05) is 13.8 Å². The van der Waals surface area contributed by atoms with Gasteiger partial charge in [-0.2, -0.15) is 0 Å². The average Bonchev–Trinajstić information content (AvgIpc) is 2.55. The number of aryl methyl sites for hydroxylation is 2. The molecule has 16 heavy (non-hydrogen) atoms. The summed E-state index contributed by atoms with van der Waals surface area (Å²) in [7, 11) is 0. The fourth-order valence-corrected chi connectivity index (χ4v) is 2.25. The summed E-state index contributed by atoms with van der Waals surface area (Å²) >= 11 is 1.50. The van der Waals surface area contributed by atoms with Crippen molar-refractivity contribution >= 4 is 22.4 Å². The number of hydrogen-bond donors (Lipinski definition) is 2. The molecule has 1 aromatic rings. The maximum atomic E-state index is 11.5. The summed E-state index contributed by atoms with van der Waals surface area (Å²) in [5.74, 6) is -0.0858. The number of aliphatic hydroxyl groups excluding tert-OH is 1. The van der Waals surface area contributed by atoms with E-state index in [9.17, 15) is 4.79 Å². The summed E-state index contributed by atoms with van der Waals surface area (Å²) in [4.78, 5) is 16.9. The SMILES string of the molecule is CCc1nc(NC(=O)CCC(C)O)sc1C. The summed E-state index contributed by atoms with van der Waals surface area (Å²) < 4.78 is 0. The number of aliphatic hydroxyl groups is 1. The Kier molecular flexibility index (Phi) is 4.89. The second kappa shape index (κ2) is 5.96. The van der Waals surface area contributed by atoms with Crippen LogP contribution in [0.25, 0.3) is 0 Å². The van der Waals surface area contributed by atoms with Gasteiger partial charge in [-0.05, 0) is 26.7 Å². The molecule has 1 rings (SSSR count). The molecule has 0 saturated heterocycles. The number of carbonyl (C=O) groups excluding carboxylic acids is 1. The number of aromatic nitrogens is 1. The third kappa shape index (κ3) is 3.90. The van der Waals surface area contributed by atoms with Crippen LogP contribution in [-0.2, 0) is 11.2 Å². The number of nitrogens with one attached hydrogen (secondary N) is 1. The molecule has 1 heterocycles. The molecule has 1 atom stereocenters. The van der Waals surface area contributed by atoms with Gasteiger partial charge in [-0.1, -0.05) is 6.92 Å². The first-order valence-corrected chi connectivity index (χ1v) is 6.28. The predicted molar refractivity (Wildman–Crippen MR) is 65.8 cm³/mol. The van der Waals surface area contributed by atoms with Gasteiger partial charge in [-0.3, -0.25) is 4.79 Å². The van der Waals surface area contributed by atoms with Gasteiger partial charge in [0.25, 0.3) is 0 Å². The second-order valence-corrected chi connectivity index (χ2v) is 5.01. The first-order valence-electron chi connectivity index (χ1n) is 5.47. The Morgan fingerprint density at radius 1 is 1.62 bits per heavy atom. The fraction of sp³-hybridized carbons (Fsp3) is 0.636. The minimum atomic E-state index is -0.435. The number of rotatable bonds is 5. The summed E-state index contributed by atoms with van der Waals surface area (Å²) in [5, 5.41) is 12.5. The van der Waals surface area contributed by atoms with Crippen LogP contribution in [0.3, 0.4) is 0 Å². The molecule has 5 heteroatoms. The Morgan fingerprint density at radius 3 is 2.81 bits per heavy atom. The van der Waals surface area contributed by atoms with Gasteiger partial charge in [0.05, 0.1) is 11.8 Å². The van der Waals surface area contributed by atoms with E-state index in [1.165, 1.54) is 11.3 Å². The Morgan fingerprint density at radius 2 is 2.31 bits per heavy atom. The maximum Gasteiger partial charge on any atom is 0.226 e. The van der Waals surface area contributed by atoms with Crippen LogP contribution in [0.15, 0.2) is 0 Å². The molecule has 0 spiro atoms. The molecule has 90 valence electrons. The van der Waals surface area contributed by atoms with E-state index in [0.29, 0.717) is 18.0 Å². The highest BCUT2D eigenvalue weighted by molar-refractivity contribution is 7.15. The lowest BCUT2D eigenvalue weighted by Crippen LogP contribution is -2.13. The van der Waals surface area contributed by atoms with Crippen LogP contribution in [0, 0.1) is 6.92 Å². The van der Waals surface area contributed by atoms with Gasteiger partial charge >= 0.3 is 0 Å². The molecule has 0 fully saturated rings. The molecule has 4 nitrogen and oxygen atoms in total. The second-order valence-electron chi connectivity index (χ2n) is 3.81. The van der Waals surface area contributed by atoms with Gasteiger partial charge in [0.15, 0.2) is 5.13 Å². The Bertz CT molecular complexity index is 361. The van der Waals surface area contributed by atoms with Gasteiger partial charge in [-0.15, -0.1) is 11.3 Å². The lowest BCUT2D eigenvalue weighted by molar-refractivity contribution is -0.116. The van der Waals surface area contributed by atoms with E-state index in [4.69, 9.17) is 5.11 Å². The van der Waals surface area contributed by atoms with E-state index in [2.05, 4.69) is 10.3 Å². The van der Waals surface area contributed by atoms with Gasteiger partial charge in [0.2, 0.25) is 5.91 Å². The lowest BCUT2D eigenvalue weighted by atomic mass is 10.2. The minimum Gasteiger partial charge on any atom is -0.393 e. The zero-order valence-corrected chi connectivity index (χ0v) is 10.7. The number of anilines is 1. The molecular weight excluding hydrogens is 224 g/mol. The van der Waals surface area contributed by atoms with Gasteiger partial charge in [0.1, 0.15) is 0 Å². The summed E-state index contributed by atoms with van der Waals surface area (Å²) in [5.41, 5.74) is 1.04. The van der Waals surface area contributed by atoms with Gasteiger partial charge < -0.3 is 10.4 Å². The molecule has 1 unspecified atom stereocenters. The molecule has 0 aromatic carbocycles. The first-order chi connectivity index (χ1) is 7.52. The van der Waals surface area contributed by atoms with E-state index < -0.39 is 6.10 Å². The minimum absolute atomic E-state index is 0.0858. The smallest absolute Gasteiger partial charge is 0.226 e. The molecule has 0 aliphatic heterocycles. The van der Waals surface area contributed by atoms with Crippen molar-refractivity contribution in [3.8, 4) is 0 Å². The summed E-state index contributed by atoms with van der Waals surface area (Å²) in [6.07, 6.45) is 1.26. The number of thiazole rings is 1. The highest BCUT2D eigenvalue weighted by atomic mass is 32.1. The molecule has 1 amide bonds. The van der Waals surface area contributed by atoms with Crippen molar-refractivity contribution < 1.29 is 9.90 Å². The van der Waals surface area contributed by atoms with E-state index in [0.717, 1.165) is 17.0 Å². The third-order valence-corrected chi connectivity index (χ3v) is 3.19. The topological polar surface area (TPSA) is 62.2 Å². The molecule has 0 bridgehead atoms. The van der Waals surface area contributed by atoms with Gasteiger partial charge in [-0.25, -0.2) is 4.98 Å². The van der Waals surface area contributed by atoms with Crippen molar-refractivity contribution in [2.45, 2.75) is 46.1 Å². The number of amides is 1. The largest absolute Gasteiger partial charge is 0.393 e. The zero-order valence-electron chi connectivity index (χ0n) is 9.91. The van der Waals surface area contributed by atoms with Crippen molar-refractivity contribution in [1.29, 1.82) is 0 Å². The zero-order chi connectivity index (χ0) is 12.1. The van der Waals surface area contributed by atoms with Crippen molar-refractivity contribution in [2.24, 2.45) is 0 Å². The molecule has 0 radical (unpaired) electrons. The lowest BCUT2D eigenvalue weighted by Gasteiger charge is -2.03. The Hall–Kier alpha value is -0.940. The van der Waals surface area contributed by atoms with Crippen LogP contribution in [0.5, 0.6) is 0 Å². The molecule has 0 aliphatic carbocycles. The van der Waals surface area contributed by atoms with Crippen LogP contribution in [-0.4, -0.2) is 22.1 Å². The third-order valence-electron chi connectivity index (χ3n) is 2.26. The van der Waals surface area contributed by atoms with E-state index >= 15 is 0 Å². The molecule has 0 aliphatic rings. The normalized spacial score (nSPS) is 12.5. The fourth-order valence-electron chi connectivity index (χ4n) is 1.33. The van der Waals surface area contributed by atoms with Crippen LogP contribution >= 0.6 is 11.3 Å². The molecule has 0 saturated carbocycles. The number of hydrogen-bond acceptors (Lipinski definition) is 4. The van der Waals surface area contributed by atoms with E-state index in [1.54, 1.807) is 6.92 Å². The van der Waals surface area contributed by atoms with Crippen molar-refractivity contribution in [2.75, 3.05) is 5.32 Å². The van der Waals surface area contributed by atoms with Crippen LogP contribution in [0.1, 0.15) is 37.3 Å². The van der Waals surface area contributed by atoms with Crippen molar-refractivity contribution in [1.82, 2.24) is 4.98 Å². The summed E-state index contributed by atoms with van der Waals surface area (Å²) in [6.45, 7) is 5.72. The Labute approximate surface area is 99.7 Å². The standard InChI is InChI=1S/C11H18N2O2S/c1-4-9-8(3)16-11(12-9)13-10(15)6-5-7(2)14/h7,14H,4-6H2,1-3H3,(H,12,13,15). The highest BCUT2D eigenvalue weighted by Crippen LogP contribution is 2.22. The monoisotopic (exact) mass is 242 g/mol. The van der Waals surface area contributed by atoms with Crippen LogP contribution < -0.4 is 5.32 Å². The maximum absolute atomic E-state index is 11.5. The van der Waals surface area contributed by atoms with E-state index in [-0.39, 0.29) is 5.91 Å². The van der Waals surface area contributed by atoms with Gasteiger partial charge in [0, 0.05) is 11.3 Å². The van der Waals surface area contributed by atoms with Crippen molar-refractivity contribution in [3.63, 3.8) is 0 Å². The predicted octanol–water partition coefficient (Wildman–Crippen LogP) is 2.11. The number of carbonyl (C=O) groups is 1. The van der Waals surface area contributed by atoms with Crippen LogP contribution in [0.4, 0.5) is 5.13 Å². The Balaban J connectivity index is 2.49. The number of nitrogens with zero attached hydrogens (tertiary/aromatic N) is 1. The molecule has 2 N–H and O–H groups in total. The highest BCUT2D eigenvalue weighted by Gasteiger charge is 2.09. The summed E-state index contributed by atoms with van der Waals surface area (Å²) in [6, 6.07) is 0. The molecule has 1 aromatic heterocycles. The van der Waals surface area contributed by atoms with Crippen molar-refractivity contribution in [3.05, 3.63) is 10.6 Å². The van der Waals surface area contributed by atoms with Crippen LogP contribution in [0.2, 0.25) is 0 Å². The quantitative estimate of drug-likeness (QED) is 0.831. The molecular formula is C11H18N2O2S. The first kappa shape index (κ1) is 13.1. The average molecular weight is 242 g/mol.